The van der Waals surface area contributed by atoms with Crippen LogP contribution in [0.3, 0.4) is 0 Å². The Hall–Kier alpha value is -0.480. The molecule has 4 heteroatoms. The molecular formula is C11H11BrN2S. The number of thioether (sulfide) groups is 1. The van der Waals surface area contributed by atoms with Gasteiger partial charge in [-0.1, -0.05) is 39.8 Å². The summed E-state index contributed by atoms with van der Waals surface area (Å²) >= 11 is 5.33. The van der Waals surface area contributed by atoms with Crippen molar-refractivity contribution >= 4 is 32.9 Å². The Bertz CT molecular complexity index is 402. The Morgan fingerprint density at radius 2 is 2.13 bits per heavy atom. The third kappa shape index (κ3) is 1.81. The standard InChI is InChI=1S/C11H11BrN2S/c12-9-3-1-8(2-4-9)10-7-14-5-6-15-11(14)13-10/h1-4,10H,5-7H2/t10-/m1/s1. The topological polar surface area (TPSA) is 15.6 Å². The molecule has 2 aliphatic heterocycles. The number of benzene rings is 1. The van der Waals surface area contributed by atoms with Crippen molar-refractivity contribution in [1.29, 1.82) is 0 Å². The first kappa shape index (κ1) is 9.73. The minimum Gasteiger partial charge on any atom is -0.348 e. The highest BCUT2D eigenvalue weighted by atomic mass is 79.9. The number of aliphatic imine (C=N–C) groups is 1. The van der Waals surface area contributed by atoms with Gasteiger partial charge in [-0.2, -0.15) is 0 Å². The van der Waals surface area contributed by atoms with Gasteiger partial charge in [-0.05, 0) is 17.7 Å². The van der Waals surface area contributed by atoms with Gasteiger partial charge in [0.05, 0.1) is 6.04 Å². The molecule has 0 radical (unpaired) electrons. The van der Waals surface area contributed by atoms with Crippen LogP contribution in [0.25, 0.3) is 0 Å². The zero-order valence-electron chi connectivity index (χ0n) is 8.19. The van der Waals surface area contributed by atoms with Gasteiger partial charge in [0.25, 0.3) is 0 Å². The van der Waals surface area contributed by atoms with Crippen LogP contribution >= 0.6 is 27.7 Å². The van der Waals surface area contributed by atoms with E-state index < -0.39 is 0 Å². The average molecular weight is 283 g/mol. The Labute approximate surface area is 102 Å². The second kappa shape index (κ2) is 3.83. The molecule has 0 aromatic heterocycles. The van der Waals surface area contributed by atoms with Crippen molar-refractivity contribution in [3.8, 4) is 0 Å². The van der Waals surface area contributed by atoms with Gasteiger partial charge >= 0.3 is 0 Å². The molecule has 1 saturated heterocycles. The Morgan fingerprint density at radius 3 is 2.87 bits per heavy atom. The molecule has 0 saturated carbocycles. The van der Waals surface area contributed by atoms with Crippen LogP contribution in [0.2, 0.25) is 0 Å². The van der Waals surface area contributed by atoms with Crippen molar-refractivity contribution in [2.45, 2.75) is 6.04 Å². The fourth-order valence-electron chi connectivity index (χ4n) is 1.97. The van der Waals surface area contributed by atoms with Gasteiger partial charge in [0.2, 0.25) is 0 Å². The Balaban J connectivity index is 1.85. The van der Waals surface area contributed by atoms with E-state index in [9.17, 15) is 0 Å². The molecule has 15 heavy (non-hydrogen) atoms. The molecule has 0 unspecified atom stereocenters. The van der Waals surface area contributed by atoms with E-state index in [-0.39, 0.29) is 0 Å². The number of rotatable bonds is 1. The van der Waals surface area contributed by atoms with Crippen LogP contribution in [0.5, 0.6) is 0 Å². The van der Waals surface area contributed by atoms with Crippen molar-refractivity contribution in [1.82, 2.24) is 4.90 Å². The fourth-order valence-corrected chi connectivity index (χ4v) is 3.28. The van der Waals surface area contributed by atoms with E-state index >= 15 is 0 Å². The summed E-state index contributed by atoms with van der Waals surface area (Å²) < 4.78 is 1.13. The van der Waals surface area contributed by atoms with Gasteiger partial charge < -0.3 is 4.90 Å². The van der Waals surface area contributed by atoms with Crippen LogP contribution in [-0.2, 0) is 0 Å². The summed E-state index contributed by atoms with van der Waals surface area (Å²) in [7, 11) is 0. The van der Waals surface area contributed by atoms with Gasteiger partial charge in [0, 0.05) is 23.3 Å². The normalized spacial score (nSPS) is 24.2. The van der Waals surface area contributed by atoms with Crippen LogP contribution in [0.1, 0.15) is 11.6 Å². The summed E-state index contributed by atoms with van der Waals surface area (Å²) in [5.41, 5.74) is 1.32. The number of halogens is 1. The van der Waals surface area contributed by atoms with E-state index in [4.69, 9.17) is 4.99 Å². The third-order valence-corrected chi connectivity index (χ3v) is 4.31. The predicted molar refractivity (Wildman–Crippen MR) is 68.3 cm³/mol. The van der Waals surface area contributed by atoms with Crippen molar-refractivity contribution < 1.29 is 0 Å². The monoisotopic (exact) mass is 282 g/mol. The number of fused-ring (bicyclic) bond motifs is 1. The maximum Gasteiger partial charge on any atom is 0.160 e. The van der Waals surface area contributed by atoms with E-state index in [1.54, 1.807) is 0 Å². The first-order valence-corrected chi connectivity index (χ1v) is 6.82. The lowest BCUT2D eigenvalue weighted by Gasteiger charge is -2.12. The van der Waals surface area contributed by atoms with E-state index in [1.807, 2.05) is 11.8 Å². The van der Waals surface area contributed by atoms with Crippen LogP contribution < -0.4 is 0 Å². The van der Waals surface area contributed by atoms with Crippen molar-refractivity contribution in [2.24, 2.45) is 4.99 Å². The maximum atomic E-state index is 4.74. The largest absolute Gasteiger partial charge is 0.348 e. The quantitative estimate of drug-likeness (QED) is 0.787. The van der Waals surface area contributed by atoms with Crippen LogP contribution in [0, 0.1) is 0 Å². The lowest BCUT2D eigenvalue weighted by molar-refractivity contribution is 0.464. The van der Waals surface area contributed by atoms with Crippen molar-refractivity contribution in [3.05, 3.63) is 34.3 Å². The molecule has 1 fully saturated rings. The molecule has 1 aromatic rings. The number of hydrogen-bond donors (Lipinski definition) is 0. The zero-order valence-corrected chi connectivity index (χ0v) is 10.6. The van der Waals surface area contributed by atoms with E-state index in [0.717, 1.165) is 17.6 Å². The van der Waals surface area contributed by atoms with E-state index in [1.165, 1.54) is 16.5 Å². The molecule has 0 aliphatic carbocycles. The van der Waals surface area contributed by atoms with Crippen molar-refractivity contribution in [3.63, 3.8) is 0 Å². The zero-order chi connectivity index (χ0) is 10.3. The molecular weight excluding hydrogens is 272 g/mol. The summed E-state index contributed by atoms with van der Waals surface area (Å²) in [6, 6.07) is 8.84. The summed E-state index contributed by atoms with van der Waals surface area (Å²) in [5.74, 6) is 1.20. The molecule has 0 bridgehead atoms. The molecule has 78 valence electrons. The SMILES string of the molecule is Brc1ccc([C@H]2CN3CCSC3=N2)cc1. The average Bonchev–Trinajstić information content (AvgIpc) is 2.78. The van der Waals surface area contributed by atoms with Gasteiger partial charge in [-0.25, -0.2) is 0 Å². The van der Waals surface area contributed by atoms with Crippen LogP contribution in [-0.4, -0.2) is 28.9 Å². The Kier molecular flexibility index (Phi) is 2.48. The second-order valence-electron chi connectivity index (χ2n) is 3.77. The van der Waals surface area contributed by atoms with Crippen LogP contribution in [0.15, 0.2) is 33.7 Å². The molecule has 2 nitrogen and oxygen atoms in total. The molecule has 0 spiro atoms. The van der Waals surface area contributed by atoms with E-state index in [2.05, 4.69) is 45.1 Å². The first-order chi connectivity index (χ1) is 7.33. The summed E-state index contributed by atoms with van der Waals surface area (Å²) in [6.45, 7) is 2.22. The van der Waals surface area contributed by atoms with Gasteiger partial charge in [-0.3, -0.25) is 4.99 Å². The predicted octanol–water partition coefficient (Wildman–Crippen LogP) is 2.91. The molecule has 3 rings (SSSR count). The van der Waals surface area contributed by atoms with E-state index in [0.29, 0.717) is 6.04 Å². The second-order valence-corrected chi connectivity index (χ2v) is 5.75. The highest BCUT2D eigenvalue weighted by Gasteiger charge is 2.29. The smallest absolute Gasteiger partial charge is 0.160 e. The maximum absolute atomic E-state index is 4.74. The van der Waals surface area contributed by atoms with Crippen LogP contribution in [0.4, 0.5) is 0 Å². The number of amidine groups is 1. The van der Waals surface area contributed by atoms with Gasteiger partial charge in [-0.15, -0.1) is 0 Å². The van der Waals surface area contributed by atoms with Gasteiger partial charge in [0.15, 0.2) is 5.17 Å². The highest BCUT2D eigenvalue weighted by Crippen LogP contribution is 2.32. The minimum atomic E-state index is 0.348. The summed E-state index contributed by atoms with van der Waals surface area (Å²) in [4.78, 5) is 7.13. The highest BCUT2D eigenvalue weighted by molar-refractivity contribution is 9.10. The third-order valence-electron chi connectivity index (χ3n) is 2.78. The molecule has 2 aliphatic rings. The first-order valence-electron chi connectivity index (χ1n) is 5.04. The molecule has 1 aromatic carbocycles. The lowest BCUT2D eigenvalue weighted by Crippen LogP contribution is -2.21. The lowest BCUT2D eigenvalue weighted by atomic mass is 10.1. The summed E-state index contributed by atoms with van der Waals surface area (Å²) in [5, 5.41) is 1.24. The molecule has 2 heterocycles. The molecule has 1 atom stereocenters. The summed E-state index contributed by atoms with van der Waals surface area (Å²) in [6.07, 6.45) is 0. The molecule has 0 N–H and O–H groups in total. The Morgan fingerprint density at radius 1 is 1.33 bits per heavy atom. The number of nitrogens with zero attached hydrogens (tertiary/aromatic N) is 2. The fraction of sp³-hybridized carbons (Fsp3) is 0.364. The molecule has 0 amide bonds. The number of hydrogen-bond acceptors (Lipinski definition) is 3. The van der Waals surface area contributed by atoms with Crippen molar-refractivity contribution in [2.75, 3.05) is 18.8 Å². The minimum absolute atomic E-state index is 0.348. The van der Waals surface area contributed by atoms with Gasteiger partial charge in [0.1, 0.15) is 0 Å².